The molecule has 6 heteroatoms. The molecule has 0 radical (unpaired) electrons. The van der Waals surface area contributed by atoms with Gasteiger partial charge in [0.15, 0.2) is 11.5 Å². The number of aliphatic hydroxyl groups excluding tert-OH is 1. The summed E-state index contributed by atoms with van der Waals surface area (Å²) in [5, 5.41) is 12.6. The molecule has 23 heavy (non-hydrogen) atoms. The maximum absolute atomic E-state index is 12.0. The summed E-state index contributed by atoms with van der Waals surface area (Å²) in [5.41, 5.74) is 1.11. The monoisotopic (exact) mass is 320 g/mol. The van der Waals surface area contributed by atoms with E-state index < -0.39 is 0 Å². The number of rotatable bonds is 5. The first-order chi connectivity index (χ1) is 11.2. The van der Waals surface area contributed by atoms with E-state index in [1.807, 2.05) is 23.1 Å². The highest BCUT2D eigenvalue weighted by Crippen LogP contribution is 2.30. The lowest BCUT2D eigenvalue weighted by atomic mass is 10.1. The molecule has 2 N–H and O–H groups in total. The van der Waals surface area contributed by atoms with Gasteiger partial charge in [-0.05, 0) is 43.5 Å². The number of likely N-dealkylation sites (tertiary alicyclic amines) is 1. The van der Waals surface area contributed by atoms with Gasteiger partial charge in [0.1, 0.15) is 13.2 Å². The lowest BCUT2D eigenvalue weighted by molar-refractivity contribution is -0.122. The third-order valence-electron chi connectivity index (χ3n) is 4.19. The predicted molar refractivity (Wildman–Crippen MR) is 85.8 cm³/mol. The number of hydrogen-bond donors (Lipinski definition) is 2. The standard InChI is InChI=1S/C17H24N2O4/c20-14-2-1-7-19(11-14)12-17(21)18-6-5-13-3-4-15-16(10-13)23-9-8-22-15/h3-4,10,14,20H,1-2,5-9,11-12H2,(H,18,21)/t14-/m0/s1. The summed E-state index contributed by atoms with van der Waals surface area (Å²) < 4.78 is 11.1. The first-order valence-electron chi connectivity index (χ1n) is 8.26. The smallest absolute Gasteiger partial charge is 0.234 e. The van der Waals surface area contributed by atoms with Crippen LogP contribution in [0.4, 0.5) is 0 Å². The van der Waals surface area contributed by atoms with E-state index in [1.54, 1.807) is 0 Å². The van der Waals surface area contributed by atoms with Gasteiger partial charge in [-0.25, -0.2) is 0 Å². The van der Waals surface area contributed by atoms with Crippen LogP contribution in [-0.4, -0.2) is 61.4 Å². The maximum atomic E-state index is 12.0. The Kier molecular flexibility index (Phi) is 5.35. The molecule has 1 atom stereocenters. The van der Waals surface area contributed by atoms with Crippen molar-refractivity contribution < 1.29 is 19.4 Å². The number of carbonyl (C=O) groups is 1. The fourth-order valence-electron chi connectivity index (χ4n) is 3.02. The molecule has 6 nitrogen and oxygen atoms in total. The van der Waals surface area contributed by atoms with Crippen LogP contribution < -0.4 is 14.8 Å². The minimum absolute atomic E-state index is 0.0108. The van der Waals surface area contributed by atoms with Crippen molar-refractivity contribution in [2.45, 2.75) is 25.4 Å². The summed E-state index contributed by atoms with van der Waals surface area (Å²) >= 11 is 0. The molecule has 1 amide bonds. The van der Waals surface area contributed by atoms with Gasteiger partial charge < -0.3 is 19.9 Å². The summed E-state index contributed by atoms with van der Waals surface area (Å²) in [7, 11) is 0. The molecule has 1 aromatic rings. The number of ether oxygens (including phenoxy) is 2. The Balaban J connectivity index is 1.41. The molecular weight excluding hydrogens is 296 g/mol. The quantitative estimate of drug-likeness (QED) is 0.830. The van der Waals surface area contributed by atoms with Crippen molar-refractivity contribution in [2.24, 2.45) is 0 Å². The molecule has 1 saturated heterocycles. The molecule has 0 spiro atoms. The van der Waals surface area contributed by atoms with Gasteiger partial charge in [0.2, 0.25) is 5.91 Å². The number of benzene rings is 1. The lowest BCUT2D eigenvalue weighted by Crippen LogP contribution is -2.44. The average Bonchev–Trinajstić information content (AvgIpc) is 2.55. The Hall–Kier alpha value is -1.79. The molecule has 2 aliphatic heterocycles. The normalized spacial score (nSPS) is 21.0. The molecular formula is C17H24N2O4. The number of piperidine rings is 1. The molecule has 126 valence electrons. The first-order valence-corrected chi connectivity index (χ1v) is 8.26. The van der Waals surface area contributed by atoms with E-state index >= 15 is 0 Å². The Morgan fingerprint density at radius 1 is 1.30 bits per heavy atom. The molecule has 2 heterocycles. The van der Waals surface area contributed by atoms with Crippen molar-refractivity contribution in [3.63, 3.8) is 0 Å². The third kappa shape index (κ3) is 4.59. The third-order valence-corrected chi connectivity index (χ3v) is 4.19. The number of hydrogen-bond acceptors (Lipinski definition) is 5. The van der Waals surface area contributed by atoms with E-state index in [9.17, 15) is 9.90 Å². The van der Waals surface area contributed by atoms with Crippen LogP contribution >= 0.6 is 0 Å². The molecule has 0 unspecified atom stereocenters. The Morgan fingerprint density at radius 2 is 2.13 bits per heavy atom. The van der Waals surface area contributed by atoms with Gasteiger partial charge in [0, 0.05) is 13.1 Å². The second-order valence-corrected chi connectivity index (χ2v) is 6.11. The van der Waals surface area contributed by atoms with Crippen molar-refractivity contribution in [1.29, 1.82) is 0 Å². The molecule has 0 saturated carbocycles. The SMILES string of the molecule is O=C(CN1CCC[C@H](O)C1)NCCc1ccc2c(c1)OCCO2. The van der Waals surface area contributed by atoms with Crippen LogP contribution in [0.3, 0.4) is 0 Å². The van der Waals surface area contributed by atoms with E-state index in [0.29, 0.717) is 32.8 Å². The Morgan fingerprint density at radius 3 is 2.96 bits per heavy atom. The fourth-order valence-corrected chi connectivity index (χ4v) is 3.02. The van der Waals surface area contributed by atoms with Crippen LogP contribution in [0.25, 0.3) is 0 Å². The number of nitrogens with one attached hydrogen (secondary N) is 1. The van der Waals surface area contributed by atoms with Crippen LogP contribution in [0.15, 0.2) is 18.2 Å². The highest BCUT2D eigenvalue weighted by Gasteiger charge is 2.19. The van der Waals surface area contributed by atoms with Crippen LogP contribution in [-0.2, 0) is 11.2 Å². The summed E-state index contributed by atoms with van der Waals surface area (Å²) in [4.78, 5) is 14.0. The lowest BCUT2D eigenvalue weighted by Gasteiger charge is -2.29. The molecule has 2 aliphatic rings. The van der Waals surface area contributed by atoms with E-state index in [0.717, 1.165) is 42.9 Å². The summed E-state index contributed by atoms with van der Waals surface area (Å²) in [6.07, 6.45) is 2.24. The van der Waals surface area contributed by atoms with Crippen molar-refractivity contribution in [3.05, 3.63) is 23.8 Å². The average molecular weight is 320 g/mol. The number of aliphatic hydroxyl groups is 1. The van der Waals surface area contributed by atoms with Gasteiger partial charge in [-0.2, -0.15) is 0 Å². The topological polar surface area (TPSA) is 71.0 Å². The van der Waals surface area contributed by atoms with E-state index in [-0.39, 0.29) is 12.0 Å². The number of fused-ring (bicyclic) bond motifs is 1. The van der Waals surface area contributed by atoms with Gasteiger partial charge in [0.05, 0.1) is 12.6 Å². The first kappa shape index (κ1) is 16.1. The van der Waals surface area contributed by atoms with Crippen LogP contribution in [0.5, 0.6) is 11.5 Å². The molecule has 0 aromatic heterocycles. The second-order valence-electron chi connectivity index (χ2n) is 6.11. The molecule has 0 bridgehead atoms. The number of nitrogens with zero attached hydrogens (tertiary/aromatic N) is 1. The fraction of sp³-hybridized carbons (Fsp3) is 0.588. The van der Waals surface area contributed by atoms with Crippen LogP contribution in [0.1, 0.15) is 18.4 Å². The van der Waals surface area contributed by atoms with Gasteiger partial charge in [0.25, 0.3) is 0 Å². The summed E-state index contributed by atoms with van der Waals surface area (Å²) in [6.45, 7) is 3.60. The number of β-amino-alcohol motifs (C(OH)–C–C–N with tert-alkyl or cyclic N) is 1. The van der Waals surface area contributed by atoms with Crippen molar-refractivity contribution in [3.8, 4) is 11.5 Å². The summed E-state index contributed by atoms with van der Waals surface area (Å²) in [5.74, 6) is 1.58. The van der Waals surface area contributed by atoms with E-state index in [4.69, 9.17) is 9.47 Å². The molecule has 0 aliphatic carbocycles. The number of amides is 1. The minimum Gasteiger partial charge on any atom is -0.486 e. The zero-order valence-corrected chi connectivity index (χ0v) is 13.3. The van der Waals surface area contributed by atoms with Crippen LogP contribution in [0, 0.1) is 0 Å². The predicted octanol–water partition coefficient (Wildman–Crippen LogP) is 0.573. The van der Waals surface area contributed by atoms with Gasteiger partial charge in [-0.15, -0.1) is 0 Å². The second kappa shape index (κ2) is 7.66. The zero-order valence-electron chi connectivity index (χ0n) is 13.3. The van der Waals surface area contributed by atoms with Gasteiger partial charge in [-0.1, -0.05) is 6.07 Å². The highest BCUT2D eigenvalue weighted by atomic mass is 16.6. The minimum atomic E-state index is -0.297. The van der Waals surface area contributed by atoms with Crippen LogP contribution in [0.2, 0.25) is 0 Å². The van der Waals surface area contributed by atoms with Gasteiger partial charge >= 0.3 is 0 Å². The summed E-state index contributed by atoms with van der Waals surface area (Å²) in [6, 6.07) is 5.89. The van der Waals surface area contributed by atoms with E-state index in [2.05, 4.69) is 5.32 Å². The van der Waals surface area contributed by atoms with Crippen molar-refractivity contribution >= 4 is 5.91 Å². The largest absolute Gasteiger partial charge is 0.486 e. The van der Waals surface area contributed by atoms with Crippen molar-refractivity contribution in [1.82, 2.24) is 10.2 Å². The number of carbonyl (C=O) groups excluding carboxylic acids is 1. The van der Waals surface area contributed by atoms with Crippen molar-refractivity contribution in [2.75, 3.05) is 39.4 Å². The molecule has 3 rings (SSSR count). The van der Waals surface area contributed by atoms with Gasteiger partial charge in [-0.3, -0.25) is 9.69 Å². The maximum Gasteiger partial charge on any atom is 0.234 e. The molecule has 1 aromatic carbocycles. The van der Waals surface area contributed by atoms with E-state index in [1.165, 1.54) is 0 Å². The molecule has 1 fully saturated rings. The Bertz CT molecular complexity index is 549. The highest BCUT2D eigenvalue weighted by molar-refractivity contribution is 5.78. The zero-order chi connectivity index (χ0) is 16.1. The Labute approximate surface area is 136 Å².